The summed E-state index contributed by atoms with van der Waals surface area (Å²) in [5.41, 5.74) is 0. The quantitative estimate of drug-likeness (QED) is 0.221. The Balaban J connectivity index is 1.87. The first-order chi connectivity index (χ1) is 14.3. The maximum atomic E-state index is 10.5. The van der Waals surface area contributed by atoms with Crippen molar-refractivity contribution in [2.24, 2.45) is 0 Å². The van der Waals surface area contributed by atoms with Crippen LogP contribution in [0.5, 0.6) is 0 Å². The summed E-state index contributed by atoms with van der Waals surface area (Å²) < 4.78 is 22.0. The first kappa shape index (κ1) is 25.9. The molecule has 2 aliphatic rings. The maximum absolute atomic E-state index is 10.5. The van der Waals surface area contributed by atoms with Gasteiger partial charge in [-0.25, -0.2) is 0 Å². The van der Waals surface area contributed by atoms with E-state index in [0.29, 0.717) is 6.61 Å². The minimum absolute atomic E-state index is 0.344. The zero-order chi connectivity index (χ0) is 22.3. The highest BCUT2D eigenvalue weighted by molar-refractivity contribution is 4.93. The number of hydrogen-bond acceptors (Lipinski definition) is 10. The Labute approximate surface area is 177 Å². The highest BCUT2D eigenvalue weighted by Crippen LogP contribution is 2.29. The smallest absolute Gasteiger partial charge is 0.187 e. The third-order valence-corrected chi connectivity index (χ3v) is 5.70. The van der Waals surface area contributed by atoms with Crippen molar-refractivity contribution in [3.63, 3.8) is 0 Å². The lowest BCUT2D eigenvalue weighted by Crippen LogP contribution is -2.64. The fraction of sp³-hybridized carbons (Fsp3) is 1.00. The Morgan fingerprint density at radius 2 is 1.37 bits per heavy atom. The van der Waals surface area contributed by atoms with Gasteiger partial charge in [-0.05, 0) is 13.3 Å². The van der Waals surface area contributed by atoms with E-state index in [1.807, 2.05) is 0 Å². The van der Waals surface area contributed by atoms with Crippen molar-refractivity contribution in [1.29, 1.82) is 0 Å². The molecule has 10 heteroatoms. The third kappa shape index (κ3) is 6.55. The average molecular weight is 439 g/mol. The Kier molecular flexibility index (Phi) is 10.9. The fourth-order valence-electron chi connectivity index (χ4n) is 3.72. The molecule has 0 unspecified atom stereocenters. The van der Waals surface area contributed by atoms with Gasteiger partial charge in [0.1, 0.15) is 42.7 Å². The van der Waals surface area contributed by atoms with Gasteiger partial charge in [-0.1, -0.05) is 39.0 Å². The van der Waals surface area contributed by atoms with Crippen molar-refractivity contribution in [3.05, 3.63) is 0 Å². The van der Waals surface area contributed by atoms with Gasteiger partial charge in [0.2, 0.25) is 0 Å². The van der Waals surface area contributed by atoms with Crippen molar-refractivity contribution >= 4 is 0 Å². The summed E-state index contributed by atoms with van der Waals surface area (Å²) in [6.45, 7) is 3.46. The molecule has 0 aromatic heterocycles. The molecule has 10 atom stereocenters. The van der Waals surface area contributed by atoms with Gasteiger partial charge in [0.15, 0.2) is 12.6 Å². The summed E-state index contributed by atoms with van der Waals surface area (Å²) in [5, 5.41) is 60.4. The Morgan fingerprint density at radius 3 is 2.03 bits per heavy atom. The second-order valence-corrected chi connectivity index (χ2v) is 8.13. The fourth-order valence-corrected chi connectivity index (χ4v) is 3.72. The third-order valence-electron chi connectivity index (χ3n) is 5.70. The summed E-state index contributed by atoms with van der Waals surface area (Å²) >= 11 is 0. The zero-order valence-electron chi connectivity index (χ0n) is 17.7. The molecule has 10 nitrogen and oxygen atoms in total. The van der Waals surface area contributed by atoms with Crippen LogP contribution < -0.4 is 0 Å². The second kappa shape index (κ2) is 12.6. The van der Waals surface area contributed by atoms with Crippen LogP contribution >= 0.6 is 0 Å². The number of aliphatic hydroxyl groups excluding tert-OH is 6. The molecular weight excluding hydrogens is 400 g/mol. The summed E-state index contributed by atoms with van der Waals surface area (Å²) in [6.07, 6.45) is -6.53. The summed E-state index contributed by atoms with van der Waals surface area (Å²) in [5.74, 6) is 0. The van der Waals surface area contributed by atoms with Crippen molar-refractivity contribution in [3.8, 4) is 0 Å². The van der Waals surface area contributed by atoms with E-state index in [1.165, 1.54) is 26.2 Å². The minimum atomic E-state index is -1.58. The van der Waals surface area contributed by atoms with Crippen LogP contribution in [0.4, 0.5) is 0 Å². The van der Waals surface area contributed by atoms with E-state index in [1.54, 1.807) is 0 Å². The molecule has 6 N–H and O–H groups in total. The molecule has 2 heterocycles. The molecule has 2 rings (SSSR count). The molecule has 0 saturated carbocycles. The van der Waals surface area contributed by atoms with Gasteiger partial charge >= 0.3 is 0 Å². The van der Waals surface area contributed by atoms with Crippen LogP contribution in [0.25, 0.3) is 0 Å². The van der Waals surface area contributed by atoms with Gasteiger partial charge < -0.3 is 49.6 Å². The molecule has 2 saturated heterocycles. The van der Waals surface area contributed by atoms with Crippen molar-refractivity contribution in [1.82, 2.24) is 0 Å². The molecule has 30 heavy (non-hydrogen) atoms. The van der Waals surface area contributed by atoms with Crippen LogP contribution in [0, 0.1) is 0 Å². The summed E-state index contributed by atoms with van der Waals surface area (Å²) in [6, 6.07) is 0. The van der Waals surface area contributed by atoms with E-state index in [0.717, 1.165) is 19.3 Å². The number of ether oxygens (including phenoxy) is 4. The lowest BCUT2D eigenvalue weighted by molar-refractivity contribution is -0.356. The van der Waals surface area contributed by atoms with E-state index in [9.17, 15) is 30.6 Å². The molecular formula is C20H38O10. The second-order valence-electron chi connectivity index (χ2n) is 8.13. The SMILES string of the molecule is CCCCCCCCO[C@H]1O[C@H](CO)[C@H](O[C@@H]2O[C@@H](C)[C@@H](O)[C@@H](O)[C@@H]2O)[C@H](O)[C@H]1O. The highest BCUT2D eigenvalue weighted by atomic mass is 16.7. The molecule has 0 aliphatic carbocycles. The molecule has 0 aromatic rings. The largest absolute Gasteiger partial charge is 0.394 e. The lowest BCUT2D eigenvalue weighted by atomic mass is 9.97. The number of rotatable bonds is 11. The molecule has 0 radical (unpaired) electrons. The summed E-state index contributed by atoms with van der Waals surface area (Å²) in [4.78, 5) is 0. The topological polar surface area (TPSA) is 158 Å². The van der Waals surface area contributed by atoms with Gasteiger partial charge in [-0.2, -0.15) is 0 Å². The predicted octanol–water partition coefficient (Wildman–Crippen LogP) is -0.985. The van der Waals surface area contributed by atoms with E-state index in [4.69, 9.17) is 18.9 Å². The van der Waals surface area contributed by atoms with Gasteiger partial charge in [0.25, 0.3) is 0 Å². The van der Waals surface area contributed by atoms with E-state index >= 15 is 0 Å². The van der Waals surface area contributed by atoms with Crippen molar-refractivity contribution in [2.45, 2.75) is 114 Å². The first-order valence-corrected chi connectivity index (χ1v) is 10.9. The van der Waals surface area contributed by atoms with Crippen LogP contribution in [-0.2, 0) is 18.9 Å². The lowest BCUT2D eigenvalue weighted by Gasteiger charge is -2.45. The normalized spacial score (nSPS) is 42.4. The van der Waals surface area contributed by atoms with Crippen molar-refractivity contribution in [2.75, 3.05) is 13.2 Å². The van der Waals surface area contributed by atoms with Crippen LogP contribution in [-0.4, -0.2) is 105 Å². The molecule has 0 amide bonds. The van der Waals surface area contributed by atoms with Gasteiger partial charge in [-0.3, -0.25) is 0 Å². The molecule has 0 aromatic carbocycles. The Hall–Kier alpha value is -0.400. The highest BCUT2D eigenvalue weighted by Gasteiger charge is 2.50. The van der Waals surface area contributed by atoms with Gasteiger partial charge in [-0.15, -0.1) is 0 Å². The predicted molar refractivity (Wildman–Crippen MR) is 104 cm³/mol. The Bertz CT molecular complexity index is 479. The Morgan fingerprint density at radius 1 is 0.733 bits per heavy atom. The maximum Gasteiger partial charge on any atom is 0.187 e. The average Bonchev–Trinajstić information content (AvgIpc) is 2.74. The van der Waals surface area contributed by atoms with E-state index in [-0.39, 0.29) is 0 Å². The van der Waals surface area contributed by atoms with Crippen LogP contribution in [0.15, 0.2) is 0 Å². The van der Waals surface area contributed by atoms with Gasteiger partial charge in [0.05, 0.1) is 12.7 Å². The van der Waals surface area contributed by atoms with E-state index < -0.39 is 68.0 Å². The molecule has 0 bridgehead atoms. The number of hydrogen-bond donors (Lipinski definition) is 6. The first-order valence-electron chi connectivity index (χ1n) is 10.9. The molecule has 2 fully saturated rings. The minimum Gasteiger partial charge on any atom is -0.394 e. The molecule has 0 spiro atoms. The molecule has 178 valence electrons. The zero-order valence-corrected chi connectivity index (χ0v) is 17.7. The number of aliphatic hydroxyl groups is 6. The van der Waals surface area contributed by atoms with E-state index in [2.05, 4.69) is 6.92 Å². The van der Waals surface area contributed by atoms with Crippen LogP contribution in [0.3, 0.4) is 0 Å². The van der Waals surface area contributed by atoms with Crippen molar-refractivity contribution < 1.29 is 49.6 Å². The van der Waals surface area contributed by atoms with Gasteiger partial charge in [0, 0.05) is 6.61 Å². The standard InChI is InChI=1S/C20H38O10/c1-3-4-5-6-7-8-9-27-19-17(26)15(24)18(12(10-21)29-19)30-20-16(25)14(23)13(22)11(2)28-20/h11-26H,3-10H2,1-2H3/t11-,12+,13+,14+,15+,16-,17+,18-,19-,20-/m0/s1. The van der Waals surface area contributed by atoms with Crippen LogP contribution in [0.2, 0.25) is 0 Å². The molecule has 2 aliphatic heterocycles. The summed E-state index contributed by atoms with van der Waals surface area (Å²) in [7, 11) is 0. The monoisotopic (exact) mass is 438 g/mol. The van der Waals surface area contributed by atoms with Crippen LogP contribution in [0.1, 0.15) is 52.4 Å². The number of unbranched alkanes of at least 4 members (excludes halogenated alkanes) is 5.